The fraction of sp³-hybridized carbons (Fsp3) is 0.500. The molecule has 0 fully saturated rings. The van der Waals surface area contributed by atoms with E-state index in [0.717, 1.165) is 0 Å². The minimum Gasteiger partial charge on any atom is -0.0845 e. The fourth-order valence-corrected chi connectivity index (χ4v) is 0.874. The van der Waals surface area contributed by atoms with E-state index in [1.54, 1.807) is 0 Å². The topological polar surface area (TPSA) is 0 Å². The van der Waals surface area contributed by atoms with Gasteiger partial charge in [-0.05, 0) is 25.7 Å². The van der Waals surface area contributed by atoms with Gasteiger partial charge in [0.15, 0.2) is 0 Å². The third kappa shape index (κ3) is 6.89. The maximum atomic E-state index is 2.23. The Bertz CT molecular complexity index is 91.8. The van der Waals surface area contributed by atoms with Crippen LogP contribution in [0.4, 0.5) is 0 Å². The van der Waals surface area contributed by atoms with Crippen molar-refractivity contribution in [2.75, 3.05) is 0 Å². The largest absolute Gasteiger partial charge is 0.0845 e. The van der Waals surface area contributed by atoms with Crippen LogP contribution in [0.2, 0.25) is 0 Å². The van der Waals surface area contributed by atoms with E-state index in [4.69, 9.17) is 0 Å². The van der Waals surface area contributed by atoms with Crippen molar-refractivity contribution in [1.29, 1.82) is 0 Å². The molecule has 0 bridgehead atoms. The van der Waals surface area contributed by atoms with Gasteiger partial charge in [-0.25, -0.2) is 0 Å². The third-order valence-corrected chi connectivity index (χ3v) is 1.37. The Labute approximate surface area is 89.9 Å². The number of rotatable bonds is 0. The first kappa shape index (κ1) is 13.4. The van der Waals surface area contributed by atoms with Crippen LogP contribution in [0, 0.1) is 0 Å². The molecule has 2 heteroatoms. The molecule has 2 radical (unpaired) electrons. The Balaban J connectivity index is 0. The van der Waals surface area contributed by atoms with E-state index in [1.165, 1.54) is 25.7 Å². The zero-order valence-corrected chi connectivity index (χ0v) is 10.6. The smallest absolute Gasteiger partial charge is 0 e. The Morgan fingerprint density at radius 3 is 1.50 bits per heavy atom. The van der Waals surface area contributed by atoms with E-state index in [2.05, 4.69) is 24.3 Å². The number of hydrogen-bond acceptors (Lipinski definition) is 0. The molecule has 0 unspecified atom stereocenters. The van der Waals surface area contributed by atoms with Gasteiger partial charge < -0.3 is 0 Å². The van der Waals surface area contributed by atoms with Gasteiger partial charge in [-0.1, -0.05) is 24.3 Å². The maximum absolute atomic E-state index is 2.23. The molecule has 0 N–H and O–H groups in total. The summed E-state index contributed by atoms with van der Waals surface area (Å²) in [5.74, 6) is 0. The van der Waals surface area contributed by atoms with Crippen LogP contribution in [-0.4, -0.2) is 0 Å². The molecule has 0 aromatic carbocycles. The summed E-state index contributed by atoms with van der Waals surface area (Å²) in [6, 6.07) is 0. The van der Waals surface area contributed by atoms with Gasteiger partial charge in [0.2, 0.25) is 0 Å². The molecule has 0 saturated carbocycles. The van der Waals surface area contributed by atoms with Gasteiger partial charge in [0.05, 0.1) is 0 Å². The minimum absolute atomic E-state index is 0. The van der Waals surface area contributed by atoms with Crippen LogP contribution >= 0.6 is 0 Å². The molecule has 0 nitrogen and oxygen atoms in total. The second kappa shape index (κ2) is 9.78. The summed E-state index contributed by atoms with van der Waals surface area (Å²) in [4.78, 5) is 0. The summed E-state index contributed by atoms with van der Waals surface area (Å²) in [7, 11) is 0. The zero-order valence-electron chi connectivity index (χ0n) is 5.80. The average Bonchev–Trinajstić information content (AvgIpc) is 1.62. The summed E-state index contributed by atoms with van der Waals surface area (Å²) in [5, 5.41) is 0. The van der Waals surface area contributed by atoms with Crippen LogP contribution in [0.25, 0.3) is 0 Å². The molecule has 0 spiro atoms. The van der Waals surface area contributed by atoms with Crippen LogP contribution in [0.15, 0.2) is 24.3 Å². The van der Waals surface area contributed by atoms with Gasteiger partial charge in [-0.2, -0.15) is 0 Å². The van der Waals surface area contributed by atoms with Gasteiger partial charge in [0.25, 0.3) is 0 Å². The van der Waals surface area contributed by atoms with E-state index >= 15 is 0 Å². The molecule has 0 aromatic rings. The van der Waals surface area contributed by atoms with Crippen molar-refractivity contribution < 1.29 is 40.2 Å². The molecule has 10 heavy (non-hydrogen) atoms. The molecule has 62 valence electrons. The van der Waals surface area contributed by atoms with Gasteiger partial charge in [-0.15, -0.1) is 0 Å². The monoisotopic (exact) mass is 494 g/mol. The predicted octanol–water partition coefficient (Wildman–Crippen LogP) is 2.67. The predicted molar refractivity (Wildman–Crippen MR) is 36.7 cm³/mol. The van der Waals surface area contributed by atoms with Crippen LogP contribution in [-0.2, 0) is 40.2 Å². The number of allylic oxidation sites excluding steroid dienone is 4. The molecule has 1 rings (SSSR count). The first-order valence-corrected chi connectivity index (χ1v) is 3.32. The average molecular weight is 493 g/mol. The van der Waals surface area contributed by atoms with Crippen LogP contribution in [0.1, 0.15) is 25.7 Å². The van der Waals surface area contributed by atoms with Crippen molar-refractivity contribution in [3.8, 4) is 0 Å². The Kier molecular flexibility index (Phi) is 13.1. The molecule has 0 atom stereocenters. The van der Waals surface area contributed by atoms with Gasteiger partial charge in [0, 0.05) is 40.2 Å². The maximum Gasteiger partial charge on any atom is 0 e. The molecule has 0 aromatic heterocycles. The van der Waals surface area contributed by atoms with E-state index in [0.29, 0.717) is 0 Å². The Morgan fingerprint density at radius 2 is 1.10 bits per heavy atom. The summed E-state index contributed by atoms with van der Waals surface area (Å²) >= 11 is 0. The first-order valence-electron chi connectivity index (χ1n) is 3.32. The first-order chi connectivity index (χ1) is 4.00. The molecule has 0 heterocycles. The molecular weight excluding hydrogens is 481 g/mol. The molecule has 1 aliphatic carbocycles. The number of hydrogen-bond donors (Lipinski definition) is 0. The second-order valence-corrected chi connectivity index (χ2v) is 2.14. The Hall–Kier alpha value is 0.779. The summed E-state index contributed by atoms with van der Waals surface area (Å²) in [6.45, 7) is 0. The SMILES string of the molecule is C1=CCCCCC=C1.[Ir].[Ir]. The van der Waals surface area contributed by atoms with E-state index in [9.17, 15) is 0 Å². The van der Waals surface area contributed by atoms with Gasteiger partial charge in [-0.3, -0.25) is 0 Å². The van der Waals surface area contributed by atoms with Crippen molar-refractivity contribution in [2.24, 2.45) is 0 Å². The summed E-state index contributed by atoms with van der Waals surface area (Å²) in [5.41, 5.74) is 0. The van der Waals surface area contributed by atoms with Crippen LogP contribution in [0.5, 0.6) is 0 Å². The van der Waals surface area contributed by atoms with Crippen molar-refractivity contribution in [1.82, 2.24) is 0 Å². The van der Waals surface area contributed by atoms with Crippen molar-refractivity contribution >= 4 is 0 Å². The van der Waals surface area contributed by atoms with Gasteiger partial charge in [0.1, 0.15) is 0 Å². The van der Waals surface area contributed by atoms with Crippen molar-refractivity contribution in [2.45, 2.75) is 25.7 Å². The molecule has 0 saturated heterocycles. The van der Waals surface area contributed by atoms with E-state index in [1.807, 2.05) is 0 Å². The fourth-order valence-electron chi connectivity index (χ4n) is 0.874. The van der Waals surface area contributed by atoms with Crippen LogP contribution < -0.4 is 0 Å². The second-order valence-electron chi connectivity index (χ2n) is 2.14. The van der Waals surface area contributed by atoms with Crippen molar-refractivity contribution in [3.63, 3.8) is 0 Å². The van der Waals surface area contributed by atoms with Crippen LogP contribution in [0.3, 0.4) is 0 Å². The molecule has 1 aliphatic rings. The molecule has 0 aliphatic heterocycles. The third-order valence-electron chi connectivity index (χ3n) is 1.37. The minimum atomic E-state index is 0. The van der Waals surface area contributed by atoms with E-state index < -0.39 is 0 Å². The summed E-state index contributed by atoms with van der Waals surface area (Å²) in [6.07, 6.45) is 14.0. The molecule has 0 amide bonds. The molecular formula is C8H12Ir2. The van der Waals surface area contributed by atoms with Gasteiger partial charge >= 0.3 is 0 Å². The van der Waals surface area contributed by atoms with E-state index in [-0.39, 0.29) is 40.2 Å². The van der Waals surface area contributed by atoms with Crippen molar-refractivity contribution in [3.05, 3.63) is 24.3 Å². The normalized spacial score (nSPS) is 16.0. The summed E-state index contributed by atoms with van der Waals surface area (Å²) < 4.78 is 0. The standard InChI is InChI=1S/C8H12.2Ir/c1-2-4-6-8-7-5-3-1;;/h1-4H,5-8H2;;. The zero-order chi connectivity index (χ0) is 5.66. The Morgan fingerprint density at radius 1 is 0.700 bits per heavy atom. The quantitative estimate of drug-likeness (QED) is 0.488.